The molecule has 1 aromatic heterocycles. The summed E-state index contributed by atoms with van der Waals surface area (Å²) in [6.45, 7) is 4.21. The van der Waals surface area contributed by atoms with Crippen LogP contribution in [0.2, 0.25) is 0 Å². The summed E-state index contributed by atoms with van der Waals surface area (Å²) in [6, 6.07) is 10.7. The molecule has 1 aliphatic heterocycles. The summed E-state index contributed by atoms with van der Waals surface area (Å²) in [4.78, 5) is 29.2. The lowest BCUT2D eigenvalue weighted by Crippen LogP contribution is -2.50. The Hall–Kier alpha value is -3.22. The first-order valence-electron chi connectivity index (χ1n) is 13.1. The second kappa shape index (κ2) is 10.4. The zero-order valence-corrected chi connectivity index (χ0v) is 20.8. The Morgan fingerprint density at radius 1 is 1.22 bits per heavy atom. The van der Waals surface area contributed by atoms with E-state index in [1.165, 1.54) is 12.1 Å². The maximum atomic E-state index is 13.6. The van der Waals surface area contributed by atoms with Crippen LogP contribution in [0.5, 0.6) is 0 Å². The largest absolute Gasteiger partial charge is 0.450 e. The highest BCUT2D eigenvalue weighted by Gasteiger charge is 2.52. The number of allylic oxidation sites excluding steroid dienone is 1. The summed E-state index contributed by atoms with van der Waals surface area (Å²) >= 11 is 0. The average Bonchev–Trinajstić information content (AvgIpc) is 3.15. The highest BCUT2D eigenvalue weighted by molar-refractivity contribution is 5.81. The van der Waals surface area contributed by atoms with Crippen molar-refractivity contribution >= 4 is 18.1 Å². The van der Waals surface area contributed by atoms with Gasteiger partial charge in [0.15, 0.2) is 0 Å². The number of benzene rings is 1. The van der Waals surface area contributed by atoms with E-state index in [0.717, 1.165) is 42.5 Å². The van der Waals surface area contributed by atoms with Gasteiger partial charge in [0, 0.05) is 29.8 Å². The maximum absolute atomic E-state index is 13.6. The van der Waals surface area contributed by atoms with Gasteiger partial charge in [0.05, 0.1) is 12.3 Å². The van der Waals surface area contributed by atoms with Gasteiger partial charge in [-0.1, -0.05) is 31.2 Å². The van der Waals surface area contributed by atoms with E-state index >= 15 is 0 Å². The molecular weight excluding hydrogens is 457 g/mol. The normalized spacial score (nSPS) is 31.4. The van der Waals surface area contributed by atoms with Gasteiger partial charge in [-0.25, -0.2) is 9.18 Å². The van der Waals surface area contributed by atoms with Crippen molar-refractivity contribution in [3.05, 3.63) is 60.2 Å². The van der Waals surface area contributed by atoms with Crippen LogP contribution in [0, 0.1) is 35.4 Å². The third-order valence-electron chi connectivity index (χ3n) is 8.35. The molecule has 2 aromatic rings. The minimum Gasteiger partial charge on any atom is -0.450 e. The van der Waals surface area contributed by atoms with E-state index in [4.69, 9.17) is 4.74 Å². The Bertz CT molecular complexity index is 1130. The van der Waals surface area contributed by atoms with Gasteiger partial charge in [-0.2, -0.15) is 0 Å². The van der Waals surface area contributed by atoms with E-state index in [-0.39, 0.29) is 47.7 Å². The van der Waals surface area contributed by atoms with Crippen molar-refractivity contribution in [1.82, 2.24) is 15.6 Å². The molecule has 2 saturated carbocycles. The van der Waals surface area contributed by atoms with Crippen LogP contribution in [-0.4, -0.2) is 35.7 Å². The number of nitrogens with zero attached hydrogens (tertiary/aromatic N) is 1. The Morgan fingerprint density at radius 2 is 2.08 bits per heavy atom. The minimum absolute atomic E-state index is 0.0238. The summed E-state index contributed by atoms with van der Waals surface area (Å²) in [5, 5.41) is 6.27. The molecule has 36 heavy (non-hydrogen) atoms. The summed E-state index contributed by atoms with van der Waals surface area (Å²) < 4.78 is 18.7. The fourth-order valence-electron chi connectivity index (χ4n) is 6.72. The molecule has 1 saturated heterocycles. The number of fused-ring (bicyclic) bond motifs is 2. The first kappa shape index (κ1) is 24.5. The summed E-state index contributed by atoms with van der Waals surface area (Å²) in [6.07, 6.45) is 9.54. The number of amides is 2. The summed E-state index contributed by atoms with van der Waals surface area (Å²) in [7, 11) is 0. The van der Waals surface area contributed by atoms with E-state index in [2.05, 4.69) is 27.8 Å². The topological polar surface area (TPSA) is 80.3 Å². The van der Waals surface area contributed by atoms with Crippen molar-refractivity contribution < 1.29 is 18.7 Å². The molecule has 0 radical (unpaired) electrons. The lowest BCUT2D eigenvalue weighted by molar-refractivity contribution is -0.122. The van der Waals surface area contributed by atoms with Crippen molar-refractivity contribution in [2.24, 2.45) is 29.6 Å². The Morgan fingerprint density at radius 3 is 2.83 bits per heavy atom. The molecule has 190 valence electrons. The maximum Gasteiger partial charge on any atom is 0.407 e. The number of carbonyl (C=O) groups excluding carboxylic acids is 2. The number of hydrogen-bond donors (Lipinski definition) is 2. The van der Waals surface area contributed by atoms with Gasteiger partial charge in [-0.15, -0.1) is 0 Å². The number of alkyl carbamates (subject to hydrolysis) is 1. The van der Waals surface area contributed by atoms with Gasteiger partial charge >= 0.3 is 6.09 Å². The van der Waals surface area contributed by atoms with Crippen LogP contribution in [0.3, 0.4) is 0 Å². The van der Waals surface area contributed by atoms with E-state index in [0.29, 0.717) is 18.4 Å². The molecule has 1 aromatic carbocycles. The predicted octanol–water partition coefficient (Wildman–Crippen LogP) is 5.20. The van der Waals surface area contributed by atoms with Crippen molar-refractivity contribution in [3.63, 3.8) is 0 Å². The predicted molar refractivity (Wildman–Crippen MR) is 136 cm³/mol. The molecule has 7 atom stereocenters. The monoisotopic (exact) mass is 491 g/mol. The van der Waals surface area contributed by atoms with Crippen LogP contribution in [0.4, 0.5) is 9.18 Å². The number of carbonyl (C=O) groups is 2. The van der Waals surface area contributed by atoms with Gasteiger partial charge < -0.3 is 15.4 Å². The zero-order chi connectivity index (χ0) is 25.2. The number of halogens is 1. The molecule has 2 N–H and O–H groups in total. The summed E-state index contributed by atoms with van der Waals surface area (Å²) in [5.41, 5.74) is 2.51. The Labute approximate surface area is 211 Å². The fraction of sp³-hybridized carbons (Fsp3) is 0.483. The lowest BCUT2D eigenvalue weighted by atomic mass is 9.58. The Kier molecular flexibility index (Phi) is 7.08. The van der Waals surface area contributed by atoms with Gasteiger partial charge in [-0.3, -0.25) is 9.78 Å². The average molecular weight is 492 g/mol. The molecule has 7 heteroatoms. The smallest absolute Gasteiger partial charge is 0.407 e. The van der Waals surface area contributed by atoms with Gasteiger partial charge in [-0.05, 0) is 86.1 Å². The van der Waals surface area contributed by atoms with E-state index < -0.39 is 0 Å². The second-order valence-electron chi connectivity index (χ2n) is 10.4. The molecule has 2 aliphatic carbocycles. The lowest BCUT2D eigenvalue weighted by Gasteiger charge is -2.48. The number of hydrogen-bond acceptors (Lipinski definition) is 4. The van der Waals surface area contributed by atoms with Crippen LogP contribution < -0.4 is 10.6 Å². The van der Waals surface area contributed by atoms with Gasteiger partial charge in [0.1, 0.15) is 5.82 Å². The van der Waals surface area contributed by atoms with Crippen LogP contribution in [0.1, 0.15) is 45.2 Å². The third-order valence-corrected chi connectivity index (χ3v) is 8.35. The number of aromatic nitrogens is 1. The van der Waals surface area contributed by atoms with E-state index in [9.17, 15) is 14.0 Å². The van der Waals surface area contributed by atoms with Crippen molar-refractivity contribution in [3.8, 4) is 11.1 Å². The van der Waals surface area contributed by atoms with Crippen LogP contribution >= 0.6 is 0 Å². The Balaban J connectivity index is 1.34. The van der Waals surface area contributed by atoms with E-state index in [1.807, 2.05) is 32.0 Å². The highest BCUT2D eigenvalue weighted by Crippen LogP contribution is 2.51. The zero-order valence-electron chi connectivity index (χ0n) is 20.8. The van der Waals surface area contributed by atoms with Crippen molar-refractivity contribution in [2.75, 3.05) is 6.61 Å². The number of ether oxygens (including phenoxy) is 1. The molecule has 5 rings (SSSR count). The molecule has 2 amide bonds. The van der Waals surface area contributed by atoms with Gasteiger partial charge in [0.25, 0.3) is 0 Å². The number of rotatable bonds is 5. The fourth-order valence-corrected chi connectivity index (χ4v) is 6.72. The van der Waals surface area contributed by atoms with Crippen LogP contribution in [0.15, 0.2) is 48.7 Å². The molecule has 2 heterocycles. The molecule has 0 bridgehead atoms. The molecular formula is C29H34FN3O3. The third kappa shape index (κ3) is 5.01. The van der Waals surface area contributed by atoms with Crippen molar-refractivity contribution in [1.29, 1.82) is 0 Å². The van der Waals surface area contributed by atoms with E-state index in [1.54, 1.807) is 12.3 Å². The molecule has 6 nitrogen and oxygen atoms in total. The molecule has 3 fully saturated rings. The van der Waals surface area contributed by atoms with Crippen molar-refractivity contribution in [2.45, 2.75) is 51.6 Å². The summed E-state index contributed by atoms with van der Waals surface area (Å²) in [5.74, 6) is 1.26. The first-order valence-corrected chi connectivity index (χ1v) is 13.1. The quantitative estimate of drug-likeness (QED) is 0.602. The molecule has 0 unspecified atom stereocenters. The SMILES string of the molecule is CCOC(=O)N[C@H]1CC[C@@H]2[C@@H](C1)C[C@H]1NC(=O)[C@H](C)[C@H]1[C@H]2/C=C/c1ccc(-c2cccc(F)c2)cn1. The number of nitrogens with one attached hydrogen (secondary N) is 2. The van der Waals surface area contributed by atoms with Crippen LogP contribution in [-0.2, 0) is 9.53 Å². The molecule has 3 aliphatic rings. The standard InChI is InChI=1S/C29H34FN3O3/c1-3-36-29(35)32-23-10-11-24-20(14-23)15-26-27(17(2)28(34)33-26)25(24)12-9-22-8-7-19(16-31-22)18-5-4-6-21(30)13-18/h4-9,12-13,16-17,20,23-27H,3,10-11,14-15H2,1-2H3,(H,32,35)(H,33,34)/b12-9+/t17-,20+,23+,24-,25+,26-,27+/m1/s1. The highest BCUT2D eigenvalue weighted by atomic mass is 19.1. The van der Waals surface area contributed by atoms with Crippen LogP contribution in [0.25, 0.3) is 17.2 Å². The molecule has 0 spiro atoms. The first-order chi connectivity index (χ1) is 17.4. The number of pyridine rings is 1. The van der Waals surface area contributed by atoms with Gasteiger partial charge in [0.2, 0.25) is 5.91 Å². The second-order valence-corrected chi connectivity index (χ2v) is 10.4. The minimum atomic E-state index is -0.346.